The largest absolute Gasteiger partial charge is 0.481 e. The maximum Gasteiger partial charge on any atom is 0.257 e. The lowest BCUT2D eigenvalue weighted by molar-refractivity contribution is -0.123. The van der Waals surface area contributed by atoms with Crippen LogP contribution in [0.2, 0.25) is 0 Å². The number of hydrogen-bond donors (Lipinski definition) is 2. The lowest BCUT2D eigenvalue weighted by Gasteiger charge is -2.11. The third-order valence-electron chi connectivity index (χ3n) is 2.55. The molecule has 0 saturated heterocycles. The molecule has 1 atom stereocenters. The van der Waals surface area contributed by atoms with Gasteiger partial charge in [-0.1, -0.05) is 19.9 Å². The molecule has 0 aliphatic carbocycles. The molecule has 1 aromatic rings. The molecule has 0 heterocycles. The fourth-order valence-corrected chi connectivity index (χ4v) is 1.43. The molecule has 1 aromatic carbocycles. The van der Waals surface area contributed by atoms with E-state index in [4.69, 9.17) is 10.5 Å². The van der Waals surface area contributed by atoms with Crippen LogP contribution in [-0.2, 0) is 4.79 Å². The Kier molecular flexibility index (Phi) is 5.76. The van der Waals surface area contributed by atoms with Crippen molar-refractivity contribution in [3.8, 4) is 5.75 Å². The van der Waals surface area contributed by atoms with Crippen molar-refractivity contribution in [2.75, 3.05) is 13.2 Å². The third-order valence-corrected chi connectivity index (χ3v) is 2.55. The Morgan fingerprint density at radius 1 is 1.42 bits per heavy atom. The molecule has 3 N–H and O–H groups in total. The molecule has 19 heavy (non-hydrogen) atoms. The lowest BCUT2D eigenvalue weighted by atomic mass is 10.1. The van der Waals surface area contributed by atoms with Gasteiger partial charge < -0.3 is 15.8 Å². The third kappa shape index (κ3) is 5.26. The van der Waals surface area contributed by atoms with E-state index in [1.807, 2.05) is 13.8 Å². The minimum Gasteiger partial charge on any atom is -0.481 e. The van der Waals surface area contributed by atoms with Gasteiger partial charge in [0, 0.05) is 12.6 Å². The Bertz CT molecular complexity index is 433. The first kappa shape index (κ1) is 15.4. The minimum atomic E-state index is -0.508. The fourth-order valence-electron chi connectivity index (χ4n) is 1.43. The summed E-state index contributed by atoms with van der Waals surface area (Å²) in [7, 11) is 0. The summed E-state index contributed by atoms with van der Waals surface area (Å²) in [6.07, 6.45) is 0. The van der Waals surface area contributed by atoms with Gasteiger partial charge in [-0.25, -0.2) is 4.39 Å². The zero-order valence-corrected chi connectivity index (χ0v) is 11.6. The SMILES string of the molecule is CC(C)CNC(=O)COc1ccc(C(C)N)cc1F. The number of rotatable bonds is 6. The summed E-state index contributed by atoms with van der Waals surface area (Å²) in [5.41, 5.74) is 6.34. The first-order valence-electron chi connectivity index (χ1n) is 6.34. The van der Waals surface area contributed by atoms with Gasteiger partial charge in [0.05, 0.1) is 0 Å². The molecule has 5 heteroatoms. The van der Waals surface area contributed by atoms with E-state index in [9.17, 15) is 9.18 Å². The second-order valence-corrected chi connectivity index (χ2v) is 4.97. The van der Waals surface area contributed by atoms with Crippen molar-refractivity contribution in [2.45, 2.75) is 26.8 Å². The standard InChI is InChI=1S/C14H21FN2O2/c1-9(2)7-17-14(18)8-19-13-5-4-11(10(3)16)6-12(13)15/h4-6,9-10H,7-8,16H2,1-3H3,(H,17,18). The Balaban J connectivity index is 2.51. The van der Waals surface area contributed by atoms with Crippen molar-refractivity contribution in [3.63, 3.8) is 0 Å². The molecule has 4 nitrogen and oxygen atoms in total. The van der Waals surface area contributed by atoms with Crippen molar-refractivity contribution >= 4 is 5.91 Å². The van der Waals surface area contributed by atoms with Gasteiger partial charge in [-0.2, -0.15) is 0 Å². The van der Waals surface area contributed by atoms with Crippen LogP contribution in [0, 0.1) is 11.7 Å². The molecule has 0 aliphatic rings. The summed E-state index contributed by atoms with van der Waals surface area (Å²) in [5, 5.41) is 2.70. The van der Waals surface area contributed by atoms with Gasteiger partial charge in [-0.05, 0) is 30.5 Å². The van der Waals surface area contributed by atoms with Crippen molar-refractivity contribution in [1.82, 2.24) is 5.32 Å². The quantitative estimate of drug-likeness (QED) is 0.829. The number of ether oxygens (including phenoxy) is 1. The number of hydrogen-bond acceptors (Lipinski definition) is 3. The Hall–Kier alpha value is -1.62. The van der Waals surface area contributed by atoms with Gasteiger partial charge in [0.2, 0.25) is 0 Å². The van der Waals surface area contributed by atoms with Crippen LogP contribution in [0.3, 0.4) is 0 Å². The summed E-state index contributed by atoms with van der Waals surface area (Å²) in [6, 6.07) is 4.27. The van der Waals surface area contributed by atoms with Crippen molar-refractivity contribution in [1.29, 1.82) is 0 Å². The molecule has 0 aliphatic heterocycles. The number of carbonyl (C=O) groups excluding carboxylic acids is 1. The number of nitrogens with two attached hydrogens (primary N) is 1. The van der Waals surface area contributed by atoms with Crippen LogP contribution in [0.1, 0.15) is 32.4 Å². The summed E-state index contributed by atoms with van der Waals surface area (Å²) in [5.74, 6) is -0.342. The molecule has 0 fully saturated rings. The van der Waals surface area contributed by atoms with Gasteiger partial charge in [0.1, 0.15) is 0 Å². The fraction of sp³-hybridized carbons (Fsp3) is 0.500. The summed E-state index contributed by atoms with van der Waals surface area (Å²) in [4.78, 5) is 11.4. The highest BCUT2D eigenvalue weighted by atomic mass is 19.1. The molecule has 0 saturated carbocycles. The van der Waals surface area contributed by atoms with Gasteiger partial charge >= 0.3 is 0 Å². The van der Waals surface area contributed by atoms with Gasteiger partial charge in [-0.3, -0.25) is 4.79 Å². The lowest BCUT2D eigenvalue weighted by Crippen LogP contribution is -2.31. The number of amides is 1. The van der Waals surface area contributed by atoms with E-state index in [0.717, 1.165) is 0 Å². The van der Waals surface area contributed by atoms with Crippen LogP contribution in [0.25, 0.3) is 0 Å². The maximum atomic E-state index is 13.7. The van der Waals surface area contributed by atoms with Crippen molar-refractivity contribution in [2.24, 2.45) is 11.7 Å². The Morgan fingerprint density at radius 3 is 2.63 bits per heavy atom. The summed E-state index contributed by atoms with van der Waals surface area (Å²) in [6.45, 7) is 6.14. The molecule has 106 valence electrons. The molecule has 0 radical (unpaired) electrons. The molecule has 1 unspecified atom stereocenters. The second kappa shape index (κ2) is 7.09. The van der Waals surface area contributed by atoms with Crippen LogP contribution in [0.15, 0.2) is 18.2 Å². The van der Waals surface area contributed by atoms with Crippen molar-refractivity contribution in [3.05, 3.63) is 29.6 Å². The number of nitrogens with one attached hydrogen (secondary N) is 1. The molecular formula is C14H21FN2O2. The first-order valence-corrected chi connectivity index (χ1v) is 6.34. The van der Waals surface area contributed by atoms with Crippen LogP contribution in [-0.4, -0.2) is 19.1 Å². The normalized spacial score (nSPS) is 12.3. The van der Waals surface area contributed by atoms with Crippen LogP contribution < -0.4 is 15.8 Å². The van der Waals surface area contributed by atoms with Gasteiger partial charge in [0.15, 0.2) is 18.2 Å². The zero-order valence-electron chi connectivity index (χ0n) is 11.6. The molecule has 0 spiro atoms. The van der Waals surface area contributed by atoms with E-state index in [1.54, 1.807) is 13.0 Å². The highest BCUT2D eigenvalue weighted by molar-refractivity contribution is 5.77. The number of halogens is 1. The van der Waals surface area contributed by atoms with Gasteiger partial charge in [-0.15, -0.1) is 0 Å². The molecule has 1 amide bonds. The summed E-state index contributed by atoms with van der Waals surface area (Å²) >= 11 is 0. The predicted octanol–water partition coefficient (Wildman–Crippen LogP) is 2.00. The molecular weight excluding hydrogens is 247 g/mol. The van der Waals surface area contributed by atoms with Crippen molar-refractivity contribution < 1.29 is 13.9 Å². The monoisotopic (exact) mass is 268 g/mol. The number of carbonyl (C=O) groups is 1. The van der Waals surface area contributed by atoms with E-state index in [2.05, 4.69) is 5.32 Å². The van der Waals surface area contributed by atoms with E-state index in [0.29, 0.717) is 18.0 Å². The van der Waals surface area contributed by atoms with E-state index in [-0.39, 0.29) is 24.3 Å². The number of benzene rings is 1. The molecule has 1 rings (SSSR count). The predicted molar refractivity (Wildman–Crippen MR) is 72.3 cm³/mol. The topological polar surface area (TPSA) is 64.3 Å². The average Bonchev–Trinajstić information content (AvgIpc) is 2.34. The maximum absolute atomic E-state index is 13.7. The average molecular weight is 268 g/mol. The molecule has 0 bridgehead atoms. The molecule has 0 aromatic heterocycles. The smallest absolute Gasteiger partial charge is 0.257 e. The minimum absolute atomic E-state index is 0.0593. The second-order valence-electron chi connectivity index (χ2n) is 4.97. The van der Waals surface area contributed by atoms with Gasteiger partial charge in [0.25, 0.3) is 5.91 Å². The highest BCUT2D eigenvalue weighted by Gasteiger charge is 2.09. The van der Waals surface area contributed by atoms with E-state index < -0.39 is 5.82 Å². The highest BCUT2D eigenvalue weighted by Crippen LogP contribution is 2.20. The zero-order chi connectivity index (χ0) is 14.4. The van der Waals surface area contributed by atoms with E-state index >= 15 is 0 Å². The Labute approximate surface area is 113 Å². The van der Waals surface area contributed by atoms with Crippen LogP contribution in [0.5, 0.6) is 5.75 Å². The van der Waals surface area contributed by atoms with Crippen LogP contribution in [0.4, 0.5) is 4.39 Å². The van der Waals surface area contributed by atoms with Crippen LogP contribution >= 0.6 is 0 Å². The first-order chi connectivity index (χ1) is 8.90. The Morgan fingerprint density at radius 2 is 2.11 bits per heavy atom. The summed E-state index contributed by atoms with van der Waals surface area (Å²) < 4.78 is 18.8. The van der Waals surface area contributed by atoms with E-state index in [1.165, 1.54) is 12.1 Å².